The van der Waals surface area contributed by atoms with Crippen molar-refractivity contribution in [3.63, 3.8) is 0 Å². The van der Waals surface area contributed by atoms with E-state index in [4.69, 9.17) is 9.47 Å². The average Bonchev–Trinajstić information content (AvgIpc) is 3.29. The minimum Gasteiger partial charge on any atom is -0.462 e. The number of H-pyrrole nitrogens is 1. The number of aliphatic imine (C=N–C) groups is 1. The number of carbonyl (C=O) groups excluding carboxylic acids is 2. The molecular formula is C55H103N5O5. The van der Waals surface area contributed by atoms with Gasteiger partial charge in [0.15, 0.2) is 0 Å². The van der Waals surface area contributed by atoms with Crippen molar-refractivity contribution < 1.29 is 19.1 Å². The van der Waals surface area contributed by atoms with E-state index in [0.29, 0.717) is 30.2 Å². The van der Waals surface area contributed by atoms with Crippen LogP contribution in [0.1, 0.15) is 271 Å². The van der Waals surface area contributed by atoms with Gasteiger partial charge in [-0.25, -0.2) is 4.98 Å². The van der Waals surface area contributed by atoms with E-state index in [-0.39, 0.29) is 29.7 Å². The lowest BCUT2D eigenvalue weighted by molar-refractivity contribution is -0.150. The van der Waals surface area contributed by atoms with E-state index in [1.165, 1.54) is 109 Å². The SMILES string of the molecule is CCC=Nc1c(C)nc(NCCCN(CCCCCCCC(=O)OC(CC)CCCCCCCC)CCCCCCCC(=O)OC(CCCCCCCC)CCCCCCCC)[nH]c1=O. The summed E-state index contributed by atoms with van der Waals surface area (Å²) in [4.78, 5) is 52.3. The number of nitrogens with one attached hydrogen (secondary N) is 2. The number of anilines is 1. The third-order valence-electron chi connectivity index (χ3n) is 12.8. The summed E-state index contributed by atoms with van der Waals surface area (Å²) in [6, 6.07) is 0. The number of nitrogens with zero attached hydrogens (tertiary/aromatic N) is 3. The maximum absolute atomic E-state index is 12.9. The first-order valence-corrected chi connectivity index (χ1v) is 27.8. The molecule has 1 aromatic rings. The molecule has 1 atom stereocenters. The summed E-state index contributed by atoms with van der Waals surface area (Å²) < 4.78 is 11.9. The fraction of sp³-hybridized carbons (Fsp3) is 0.873. The Morgan fingerprint density at radius 2 is 1.00 bits per heavy atom. The number of ether oxygens (including phenoxy) is 2. The molecule has 65 heavy (non-hydrogen) atoms. The summed E-state index contributed by atoms with van der Waals surface area (Å²) in [5.41, 5.74) is 0.782. The Hall–Kier alpha value is -2.75. The van der Waals surface area contributed by atoms with Crippen LogP contribution in [0.4, 0.5) is 11.6 Å². The summed E-state index contributed by atoms with van der Waals surface area (Å²) in [6.07, 6.45) is 42.3. The third-order valence-corrected chi connectivity index (χ3v) is 12.8. The third kappa shape index (κ3) is 35.1. The van der Waals surface area contributed by atoms with E-state index in [1.807, 2.05) is 13.8 Å². The van der Waals surface area contributed by atoms with Crippen molar-refractivity contribution in [3.8, 4) is 0 Å². The Labute approximate surface area is 399 Å². The zero-order chi connectivity index (χ0) is 47.4. The van der Waals surface area contributed by atoms with Gasteiger partial charge in [-0.1, -0.05) is 169 Å². The second-order valence-corrected chi connectivity index (χ2v) is 19.0. The highest BCUT2D eigenvalue weighted by atomic mass is 16.5. The van der Waals surface area contributed by atoms with E-state index in [0.717, 1.165) is 135 Å². The Balaban J connectivity index is 2.52. The van der Waals surface area contributed by atoms with Crippen LogP contribution in [-0.2, 0) is 19.1 Å². The molecule has 10 nitrogen and oxygen atoms in total. The first kappa shape index (κ1) is 60.3. The van der Waals surface area contributed by atoms with Gasteiger partial charge in [0.05, 0.1) is 5.69 Å². The lowest BCUT2D eigenvalue weighted by atomic mass is 10.0. The van der Waals surface area contributed by atoms with Crippen molar-refractivity contribution in [1.29, 1.82) is 0 Å². The summed E-state index contributed by atoms with van der Waals surface area (Å²) in [6.45, 7) is 16.5. The maximum atomic E-state index is 12.9. The molecular weight excluding hydrogens is 811 g/mol. The van der Waals surface area contributed by atoms with E-state index >= 15 is 0 Å². The van der Waals surface area contributed by atoms with Crippen LogP contribution in [0.2, 0.25) is 0 Å². The highest BCUT2D eigenvalue weighted by molar-refractivity contribution is 5.69. The summed E-state index contributed by atoms with van der Waals surface area (Å²) in [5, 5.41) is 3.33. The summed E-state index contributed by atoms with van der Waals surface area (Å²) in [7, 11) is 0. The molecule has 0 fully saturated rings. The van der Waals surface area contributed by atoms with Crippen molar-refractivity contribution in [1.82, 2.24) is 14.9 Å². The molecule has 0 radical (unpaired) electrons. The minimum atomic E-state index is -0.218. The van der Waals surface area contributed by atoms with Gasteiger partial charge >= 0.3 is 11.9 Å². The lowest BCUT2D eigenvalue weighted by Gasteiger charge is -2.22. The smallest absolute Gasteiger partial charge is 0.306 e. The lowest BCUT2D eigenvalue weighted by Crippen LogP contribution is -2.28. The van der Waals surface area contributed by atoms with Gasteiger partial charge in [0.25, 0.3) is 5.56 Å². The molecule has 10 heteroatoms. The molecule has 0 saturated heterocycles. The molecule has 1 rings (SSSR count). The van der Waals surface area contributed by atoms with Crippen molar-refractivity contribution in [3.05, 3.63) is 16.0 Å². The Morgan fingerprint density at radius 1 is 0.585 bits per heavy atom. The van der Waals surface area contributed by atoms with Crippen LogP contribution in [0.5, 0.6) is 0 Å². The van der Waals surface area contributed by atoms with Crippen LogP contribution in [-0.4, -0.2) is 71.4 Å². The number of hydrogen-bond donors (Lipinski definition) is 2. The predicted octanol–water partition coefficient (Wildman–Crippen LogP) is 15.5. The monoisotopic (exact) mass is 914 g/mol. The molecule has 378 valence electrons. The van der Waals surface area contributed by atoms with Crippen LogP contribution in [0.15, 0.2) is 9.79 Å². The number of esters is 2. The van der Waals surface area contributed by atoms with E-state index in [2.05, 4.69) is 52.9 Å². The molecule has 0 aliphatic carbocycles. The van der Waals surface area contributed by atoms with Crippen molar-refractivity contribution in [2.24, 2.45) is 4.99 Å². The topological polar surface area (TPSA) is 126 Å². The van der Waals surface area contributed by atoms with Crippen molar-refractivity contribution in [2.75, 3.05) is 31.5 Å². The predicted molar refractivity (Wildman–Crippen MR) is 277 cm³/mol. The van der Waals surface area contributed by atoms with E-state index in [9.17, 15) is 14.4 Å². The van der Waals surface area contributed by atoms with Crippen LogP contribution in [0.3, 0.4) is 0 Å². The zero-order valence-corrected chi connectivity index (χ0v) is 43.4. The molecule has 0 aliphatic rings. The summed E-state index contributed by atoms with van der Waals surface area (Å²) >= 11 is 0. The molecule has 1 aromatic heterocycles. The average molecular weight is 914 g/mol. The van der Waals surface area contributed by atoms with Crippen LogP contribution in [0, 0.1) is 6.92 Å². The second kappa shape index (κ2) is 43.8. The van der Waals surface area contributed by atoms with Crippen LogP contribution < -0.4 is 10.9 Å². The molecule has 0 aliphatic heterocycles. The molecule has 0 aromatic carbocycles. The Bertz CT molecular complexity index is 1340. The van der Waals surface area contributed by atoms with Crippen LogP contribution >= 0.6 is 0 Å². The summed E-state index contributed by atoms with van der Waals surface area (Å²) in [5.74, 6) is 0.478. The number of carbonyl (C=O) groups is 2. The Morgan fingerprint density at radius 3 is 1.46 bits per heavy atom. The van der Waals surface area contributed by atoms with Gasteiger partial charge in [-0.15, -0.1) is 0 Å². The number of aromatic nitrogens is 2. The molecule has 0 amide bonds. The standard InChI is InChI=1S/C55H103N5O5/c1-7-12-15-18-23-30-38-49(11-5)64-51(61)41-33-26-21-28-35-45-60(47-37-44-57-55-58-48(6)53(54(63)59-55)56-43-10-4)46-36-29-22-27-34-42-52(62)65-50(39-31-24-19-16-13-8-2)40-32-25-20-17-14-9-3/h43,49-50H,7-42,44-47H2,1-6H3,(H2,57,58,59,63). The van der Waals surface area contributed by atoms with E-state index < -0.39 is 0 Å². The number of aromatic amines is 1. The number of hydrogen-bond acceptors (Lipinski definition) is 9. The number of aryl methyl sites for hydroxylation is 1. The molecule has 0 spiro atoms. The second-order valence-electron chi connectivity index (χ2n) is 19.0. The normalized spacial score (nSPS) is 12.2. The zero-order valence-electron chi connectivity index (χ0n) is 43.4. The van der Waals surface area contributed by atoms with Gasteiger partial charge in [-0.05, 0) is 110 Å². The van der Waals surface area contributed by atoms with Crippen molar-refractivity contribution >= 4 is 29.8 Å². The molecule has 1 unspecified atom stereocenters. The first-order chi connectivity index (χ1) is 31.8. The van der Waals surface area contributed by atoms with E-state index in [1.54, 1.807) is 6.21 Å². The molecule has 0 bridgehead atoms. The fourth-order valence-corrected chi connectivity index (χ4v) is 8.67. The first-order valence-electron chi connectivity index (χ1n) is 27.8. The van der Waals surface area contributed by atoms with Gasteiger partial charge in [0.1, 0.15) is 17.9 Å². The van der Waals surface area contributed by atoms with Gasteiger partial charge < -0.3 is 19.7 Å². The van der Waals surface area contributed by atoms with Crippen molar-refractivity contribution in [2.45, 2.75) is 285 Å². The number of rotatable bonds is 47. The molecule has 1 heterocycles. The maximum Gasteiger partial charge on any atom is 0.306 e. The number of unbranched alkanes of at least 4 members (excludes halogenated alkanes) is 23. The highest BCUT2D eigenvalue weighted by Gasteiger charge is 2.15. The Kier molecular flexibility index (Phi) is 40.6. The molecule has 2 N–H and O–H groups in total. The van der Waals surface area contributed by atoms with Gasteiger partial charge in [-0.3, -0.25) is 24.4 Å². The minimum absolute atomic E-state index is 0.00555. The van der Waals surface area contributed by atoms with Gasteiger partial charge in [0.2, 0.25) is 5.95 Å². The van der Waals surface area contributed by atoms with Crippen LogP contribution in [0.25, 0.3) is 0 Å². The molecule has 0 saturated carbocycles. The largest absolute Gasteiger partial charge is 0.462 e. The van der Waals surface area contributed by atoms with Gasteiger partial charge in [0, 0.05) is 25.6 Å². The highest BCUT2D eigenvalue weighted by Crippen LogP contribution is 2.19. The van der Waals surface area contributed by atoms with Gasteiger partial charge in [-0.2, -0.15) is 0 Å². The quantitative estimate of drug-likeness (QED) is 0.0376. The fourth-order valence-electron chi connectivity index (χ4n) is 8.67.